The van der Waals surface area contributed by atoms with Gasteiger partial charge in [0, 0.05) is 65.2 Å². The maximum atomic E-state index is 7.11. The molecule has 0 amide bonds. The lowest BCUT2D eigenvalue weighted by Gasteiger charge is -2.45. The molecule has 0 saturated carbocycles. The summed E-state index contributed by atoms with van der Waals surface area (Å²) in [5.74, 6) is 2.33. The Morgan fingerprint density at radius 2 is 1.29 bits per heavy atom. The number of benzene rings is 2. The third-order valence-corrected chi connectivity index (χ3v) is 8.97. The van der Waals surface area contributed by atoms with Crippen LogP contribution in [0.5, 0.6) is 11.5 Å². The molecule has 0 N–H and O–H groups in total. The fourth-order valence-corrected chi connectivity index (χ4v) is 7.40. The molecule has 0 radical (unpaired) electrons. The van der Waals surface area contributed by atoms with E-state index >= 15 is 0 Å². The van der Waals surface area contributed by atoms with Gasteiger partial charge in [-0.15, -0.1) is 0 Å². The quantitative estimate of drug-likeness (QED) is 0.476. The molecule has 0 aromatic heterocycles. The summed E-state index contributed by atoms with van der Waals surface area (Å²) in [6, 6.07) is 5.02. The van der Waals surface area contributed by atoms with Crippen LogP contribution in [0, 0.1) is 0 Å². The Hall–Kier alpha value is -2.68. The monoisotopic (exact) mass is 452 g/mol. The first kappa shape index (κ1) is 20.7. The van der Waals surface area contributed by atoms with Gasteiger partial charge in [-0.2, -0.15) is 0 Å². The highest BCUT2D eigenvalue weighted by atomic mass is 16.5. The number of nitrogens with zero attached hydrogens (tertiary/aromatic N) is 2. The number of anilines is 2. The Morgan fingerprint density at radius 3 is 1.76 bits per heavy atom. The Kier molecular flexibility index (Phi) is 4.50. The Balaban J connectivity index is 1.53. The van der Waals surface area contributed by atoms with E-state index in [0.29, 0.717) is 0 Å². The van der Waals surface area contributed by atoms with Crippen LogP contribution in [0.15, 0.2) is 36.4 Å². The van der Waals surface area contributed by atoms with E-state index in [9.17, 15) is 0 Å². The molecule has 0 spiro atoms. The van der Waals surface area contributed by atoms with Crippen molar-refractivity contribution in [2.75, 3.05) is 36.0 Å². The van der Waals surface area contributed by atoms with E-state index in [1.54, 1.807) is 0 Å². The van der Waals surface area contributed by atoms with E-state index in [1.807, 2.05) is 0 Å². The second-order valence-electron chi connectivity index (χ2n) is 11.4. The zero-order valence-electron chi connectivity index (χ0n) is 20.8. The van der Waals surface area contributed by atoms with Crippen LogP contribution in [0.4, 0.5) is 11.4 Å². The first-order valence-corrected chi connectivity index (χ1v) is 13.5. The summed E-state index contributed by atoms with van der Waals surface area (Å²) in [4.78, 5) is 5.27. The average Bonchev–Trinajstić information content (AvgIpc) is 2.85. The molecule has 5 heterocycles. The van der Waals surface area contributed by atoms with Gasteiger partial charge in [-0.1, -0.05) is 24.3 Å². The molecule has 0 aliphatic carbocycles. The van der Waals surface area contributed by atoms with Crippen molar-refractivity contribution >= 4 is 11.4 Å². The summed E-state index contributed by atoms with van der Waals surface area (Å²) in [5, 5.41) is 0. The maximum Gasteiger partial charge on any atom is 0.137 e. The van der Waals surface area contributed by atoms with Crippen molar-refractivity contribution < 1.29 is 4.74 Å². The summed E-state index contributed by atoms with van der Waals surface area (Å²) in [5.41, 5.74) is 12.6. The molecule has 176 valence electrons. The molecule has 0 bridgehead atoms. The van der Waals surface area contributed by atoms with E-state index in [4.69, 9.17) is 4.74 Å². The van der Waals surface area contributed by atoms with Crippen LogP contribution in [-0.2, 0) is 31.1 Å². The van der Waals surface area contributed by atoms with Gasteiger partial charge in [0.25, 0.3) is 0 Å². The third kappa shape index (κ3) is 2.82. The van der Waals surface area contributed by atoms with Crippen LogP contribution in [0.25, 0.3) is 0 Å². The van der Waals surface area contributed by atoms with Gasteiger partial charge in [0.15, 0.2) is 0 Å². The molecule has 5 aliphatic heterocycles. The smallest absolute Gasteiger partial charge is 0.137 e. The molecule has 0 atom stereocenters. The van der Waals surface area contributed by atoms with Gasteiger partial charge in [0.2, 0.25) is 0 Å². The van der Waals surface area contributed by atoms with E-state index < -0.39 is 0 Å². The third-order valence-electron chi connectivity index (χ3n) is 8.97. The Bertz CT molecular complexity index is 1170. The highest BCUT2D eigenvalue weighted by Crippen LogP contribution is 2.57. The van der Waals surface area contributed by atoms with Gasteiger partial charge in [-0.3, -0.25) is 0 Å². The van der Waals surface area contributed by atoms with Gasteiger partial charge < -0.3 is 14.5 Å². The topological polar surface area (TPSA) is 15.7 Å². The lowest BCUT2D eigenvalue weighted by atomic mass is 9.69. The molecule has 5 aliphatic rings. The fraction of sp³-hybridized carbons (Fsp3) is 0.484. The van der Waals surface area contributed by atoms with Gasteiger partial charge in [-0.05, 0) is 88.5 Å². The first-order valence-electron chi connectivity index (χ1n) is 13.5. The fourth-order valence-electron chi connectivity index (χ4n) is 7.40. The predicted octanol–water partition coefficient (Wildman–Crippen LogP) is 6.63. The minimum absolute atomic E-state index is 0.210. The van der Waals surface area contributed by atoms with Crippen molar-refractivity contribution in [1.82, 2.24) is 0 Å². The molecule has 7 rings (SSSR count). The number of allylic oxidation sites excluding steroid dienone is 3. The minimum Gasteiger partial charge on any atom is -0.456 e. The van der Waals surface area contributed by atoms with Crippen LogP contribution in [0.2, 0.25) is 0 Å². The molecule has 0 unspecified atom stereocenters. The minimum atomic E-state index is -0.210. The number of rotatable bonds is 2. The van der Waals surface area contributed by atoms with Crippen LogP contribution in [0.1, 0.15) is 72.9 Å². The standard InChI is InChI=1S/C31H36N2O/c1-20(2)12-13-31(3)25-18-21-8-4-14-32-16-6-10-23(27(21)32)29(25)34-30-24-11-7-17-33-15-5-9-22(28(24)33)19-26(30)31/h12-13,18-19H,1,4-11,14-17H2,2-3H3/b13-12-. The SMILES string of the molecule is C=C(C)/C=C\C1(C)c2cc3c4c(c2Oc2c1cc1c5c2CCCN5CCC1)CCCN4CCC3. The number of fused-ring (bicyclic) bond motifs is 4. The lowest BCUT2D eigenvalue weighted by molar-refractivity contribution is 0.413. The number of hydrogen-bond donors (Lipinski definition) is 0. The first-order chi connectivity index (χ1) is 16.5. The predicted molar refractivity (Wildman–Crippen MR) is 141 cm³/mol. The summed E-state index contributed by atoms with van der Waals surface area (Å²) >= 11 is 0. The Morgan fingerprint density at radius 1 is 0.824 bits per heavy atom. The molecule has 34 heavy (non-hydrogen) atoms. The molecule has 3 nitrogen and oxygen atoms in total. The van der Waals surface area contributed by atoms with E-state index in [-0.39, 0.29) is 5.41 Å². The molecule has 0 saturated heterocycles. The lowest BCUT2D eigenvalue weighted by Crippen LogP contribution is -2.38. The van der Waals surface area contributed by atoms with E-state index in [1.165, 1.54) is 109 Å². The van der Waals surface area contributed by atoms with Gasteiger partial charge in [0.1, 0.15) is 11.5 Å². The maximum absolute atomic E-state index is 7.11. The van der Waals surface area contributed by atoms with Crippen LogP contribution < -0.4 is 14.5 Å². The zero-order valence-corrected chi connectivity index (χ0v) is 20.8. The van der Waals surface area contributed by atoms with Crippen molar-refractivity contribution in [2.24, 2.45) is 0 Å². The molecular weight excluding hydrogens is 416 g/mol. The van der Waals surface area contributed by atoms with Crippen LogP contribution in [0.3, 0.4) is 0 Å². The molecule has 3 heteroatoms. The second-order valence-corrected chi connectivity index (χ2v) is 11.4. The molecule has 0 fully saturated rings. The van der Waals surface area contributed by atoms with Crippen LogP contribution >= 0.6 is 0 Å². The summed E-state index contributed by atoms with van der Waals surface area (Å²) in [7, 11) is 0. The summed E-state index contributed by atoms with van der Waals surface area (Å²) in [6.45, 7) is 13.5. The van der Waals surface area contributed by atoms with Gasteiger partial charge >= 0.3 is 0 Å². The van der Waals surface area contributed by atoms with Crippen molar-refractivity contribution in [3.63, 3.8) is 0 Å². The van der Waals surface area contributed by atoms with Crippen molar-refractivity contribution in [3.05, 3.63) is 69.8 Å². The zero-order chi connectivity index (χ0) is 23.0. The second kappa shape index (κ2) is 7.41. The largest absolute Gasteiger partial charge is 0.456 e. The van der Waals surface area contributed by atoms with Crippen molar-refractivity contribution in [2.45, 2.75) is 70.6 Å². The number of hydrogen-bond acceptors (Lipinski definition) is 3. The normalized spacial score (nSPS) is 21.4. The van der Waals surface area contributed by atoms with E-state index in [2.05, 4.69) is 54.5 Å². The van der Waals surface area contributed by atoms with Crippen molar-refractivity contribution in [3.8, 4) is 11.5 Å². The molecule has 2 aromatic rings. The summed E-state index contributed by atoms with van der Waals surface area (Å²) in [6.07, 6.45) is 14.2. The summed E-state index contributed by atoms with van der Waals surface area (Å²) < 4.78 is 7.11. The average molecular weight is 453 g/mol. The van der Waals surface area contributed by atoms with Gasteiger partial charge in [-0.25, -0.2) is 0 Å². The van der Waals surface area contributed by atoms with E-state index in [0.717, 1.165) is 29.9 Å². The highest BCUT2D eigenvalue weighted by Gasteiger charge is 2.43. The molecule has 2 aromatic carbocycles. The van der Waals surface area contributed by atoms with Gasteiger partial charge in [0.05, 0.1) is 0 Å². The Labute approximate surface area is 204 Å². The number of ether oxygens (including phenoxy) is 1. The molecular formula is C31H36N2O. The van der Waals surface area contributed by atoms with Crippen LogP contribution in [-0.4, -0.2) is 26.2 Å². The number of aryl methyl sites for hydroxylation is 2. The van der Waals surface area contributed by atoms with Crippen molar-refractivity contribution in [1.29, 1.82) is 0 Å². The highest BCUT2D eigenvalue weighted by molar-refractivity contribution is 5.78.